The predicted octanol–water partition coefficient (Wildman–Crippen LogP) is 2.90. The Morgan fingerprint density at radius 1 is 1.15 bits per heavy atom. The van der Waals surface area contributed by atoms with Crippen molar-refractivity contribution in [2.24, 2.45) is 0 Å². The molecule has 0 aliphatic carbocycles. The molecule has 0 bridgehead atoms. The van der Waals surface area contributed by atoms with E-state index in [1.165, 1.54) is 5.56 Å². The number of nitrogens with one attached hydrogen (secondary N) is 2. The molecule has 2 atom stereocenters. The van der Waals surface area contributed by atoms with Gasteiger partial charge in [-0.15, -0.1) is 11.6 Å². The molecule has 1 fully saturated rings. The number of alkyl halides is 1. The van der Waals surface area contributed by atoms with Crippen LogP contribution in [-0.2, 0) is 16.1 Å². The molecule has 1 aliphatic heterocycles. The molecule has 150 valence electrons. The smallest absolute Gasteiger partial charge is 0.407 e. The van der Waals surface area contributed by atoms with E-state index in [0.717, 1.165) is 6.54 Å². The van der Waals surface area contributed by atoms with Crippen LogP contribution in [0.5, 0.6) is 0 Å². The molecular weight excluding hydrogens is 366 g/mol. The van der Waals surface area contributed by atoms with E-state index in [-0.39, 0.29) is 18.0 Å². The third kappa shape index (κ3) is 7.77. The van der Waals surface area contributed by atoms with Gasteiger partial charge in [0.1, 0.15) is 5.60 Å². The average molecular weight is 396 g/mol. The zero-order valence-corrected chi connectivity index (χ0v) is 17.1. The summed E-state index contributed by atoms with van der Waals surface area (Å²) in [4.78, 5) is 26.6. The van der Waals surface area contributed by atoms with Gasteiger partial charge in [-0.1, -0.05) is 30.3 Å². The van der Waals surface area contributed by atoms with Crippen LogP contribution in [0, 0.1) is 0 Å². The van der Waals surface area contributed by atoms with Crippen molar-refractivity contribution in [3.8, 4) is 0 Å². The second kappa shape index (κ2) is 9.95. The zero-order chi connectivity index (χ0) is 19.9. The number of hydrogen-bond donors (Lipinski definition) is 2. The summed E-state index contributed by atoms with van der Waals surface area (Å²) in [6, 6.07) is 9.78. The number of nitrogens with zero attached hydrogens (tertiary/aromatic N) is 1. The van der Waals surface area contributed by atoms with Gasteiger partial charge in [-0.2, -0.15) is 0 Å². The molecule has 1 aromatic rings. The van der Waals surface area contributed by atoms with Crippen LogP contribution in [0.1, 0.15) is 39.2 Å². The minimum Gasteiger partial charge on any atom is -0.444 e. The Balaban J connectivity index is 1.99. The first-order chi connectivity index (χ1) is 12.8. The van der Waals surface area contributed by atoms with E-state index in [1.54, 1.807) is 0 Å². The third-order valence-electron chi connectivity index (χ3n) is 4.23. The van der Waals surface area contributed by atoms with Crippen molar-refractivity contribution >= 4 is 23.6 Å². The molecule has 2 amide bonds. The summed E-state index contributed by atoms with van der Waals surface area (Å²) in [6.45, 7) is 7.56. The zero-order valence-electron chi connectivity index (χ0n) is 16.3. The number of rotatable bonds is 7. The van der Waals surface area contributed by atoms with Crippen LogP contribution in [0.15, 0.2) is 30.3 Å². The number of halogens is 1. The molecule has 0 spiro atoms. The fraction of sp³-hybridized carbons (Fsp3) is 0.600. The maximum absolute atomic E-state index is 12.2. The maximum Gasteiger partial charge on any atom is 0.407 e. The molecule has 1 saturated heterocycles. The lowest BCUT2D eigenvalue weighted by Crippen LogP contribution is -2.51. The minimum absolute atomic E-state index is 0.0433. The quantitative estimate of drug-likeness (QED) is 0.696. The summed E-state index contributed by atoms with van der Waals surface area (Å²) in [5.41, 5.74) is 0.633. The van der Waals surface area contributed by atoms with Crippen molar-refractivity contribution in [2.75, 3.05) is 19.0 Å². The molecular formula is C20H30ClN3O3. The largest absolute Gasteiger partial charge is 0.444 e. The fourth-order valence-electron chi connectivity index (χ4n) is 3.11. The normalized spacial score (nSPS) is 20.3. The van der Waals surface area contributed by atoms with E-state index in [0.29, 0.717) is 31.8 Å². The molecule has 0 aromatic heterocycles. The van der Waals surface area contributed by atoms with Crippen LogP contribution in [0.25, 0.3) is 0 Å². The molecule has 0 radical (unpaired) electrons. The van der Waals surface area contributed by atoms with Crippen molar-refractivity contribution in [1.29, 1.82) is 0 Å². The van der Waals surface area contributed by atoms with Gasteiger partial charge < -0.3 is 15.4 Å². The van der Waals surface area contributed by atoms with Crippen LogP contribution in [0.2, 0.25) is 0 Å². The van der Waals surface area contributed by atoms with E-state index in [1.807, 2.05) is 39.0 Å². The fourth-order valence-corrected chi connectivity index (χ4v) is 3.25. The molecule has 0 saturated carbocycles. The first kappa shape index (κ1) is 21.5. The summed E-state index contributed by atoms with van der Waals surface area (Å²) in [7, 11) is 0. The van der Waals surface area contributed by atoms with E-state index in [4.69, 9.17) is 16.3 Å². The Morgan fingerprint density at radius 3 is 2.37 bits per heavy atom. The Kier molecular flexibility index (Phi) is 7.92. The summed E-state index contributed by atoms with van der Waals surface area (Å²) in [5, 5.41) is 5.96. The van der Waals surface area contributed by atoms with Gasteiger partial charge >= 0.3 is 6.09 Å². The molecule has 6 nitrogen and oxygen atoms in total. The molecule has 27 heavy (non-hydrogen) atoms. The van der Waals surface area contributed by atoms with Crippen molar-refractivity contribution in [3.63, 3.8) is 0 Å². The lowest BCUT2D eigenvalue weighted by molar-refractivity contribution is -0.121. The molecule has 7 heteroatoms. The Hall–Kier alpha value is -1.79. The van der Waals surface area contributed by atoms with Gasteiger partial charge in [0, 0.05) is 31.9 Å². The van der Waals surface area contributed by atoms with Gasteiger partial charge in [-0.25, -0.2) is 4.79 Å². The monoisotopic (exact) mass is 395 g/mol. The van der Waals surface area contributed by atoms with Gasteiger partial charge in [-0.3, -0.25) is 9.69 Å². The van der Waals surface area contributed by atoms with Gasteiger partial charge in [-0.05, 0) is 32.8 Å². The number of likely N-dealkylation sites (tertiary alicyclic amines) is 1. The van der Waals surface area contributed by atoms with Crippen LogP contribution in [-0.4, -0.2) is 53.6 Å². The number of carbonyl (C=O) groups is 2. The van der Waals surface area contributed by atoms with Gasteiger partial charge in [0.15, 0.2) is 0 Å². The highest BCUT2D eigenvalue weighted by Gasteiger charge is 2.35. The minimum atomic E-state index is -0.564. The number of carbonyl (C=O) groups excluding carboxylic acids is 2. The summed E-state index contributed by atoms with van der Waals surface area (Å²) in [6.07, 6.45) is 0.560. The standard InChI is InChI=1S/C20H30ClN3O3/c1-20(2,3)27-19(26)23-17-14-24(12-15-8-5-4-6-9-15)13-16(17)22-18(25)10-7-11-21/h4-6,8-9,16-17H,7,10-14H2,1-3H3,(H,22,25)(H,23,26)/t16-,17-/m0/s1. The summed E-state index contributed by atoms with van der Waals surface area (Å²) in [5.74, 6) is 0.413. The maximum atomic E-state index is 12.2. The Bertz CT molecular complexity index is 619. The topological polar surface area (TPSA) is 70.7 Å². The lowest BCUT2D eigenvalue weighted by Gasteiger charge is -2.24. The van der Waals surface area contributed by atoms with Crippen LogP contribution < -0.4 is 10.6 Å². The van der Waals surface area contributed by atoms with E-state index < -0.39 is 11.7 Å². The highest BCUT2D eigenvalue weighted by atomic mass is 35.5. The number of hydrogen-bond acceptors (Lipinski definition) is 4. The number of amides is 2. The SMILES string of the molecule is CC(C)(C)OC(=O)N[C@H]1CN(Cc2ccccc2)C[C@@H]1NC(=O)CCCCl. The number of ether oxygens (including phenoxy) is 1. The van der Waals surface area contributed by atoms with Crippen molar-refractivity contribution in [1.82, 2.24) is 15.5 Å². The number of benzene rings is 1. The van der Waals surface area contributed by atoms with Crippen LogP contribution in [0.4, 0.5) is 4.79 Å². The highest BCUT2D eigenvalue weighted by molar-refractivity contribution is 6.17. The second-order valence-corrected chi connectivity index (χ2v) is 8.28. The van der Waals surface area contributed by atoms with Gasteiger partial charge in [0.05, 0.1) is 12.1 Å². The first-order valence-electron chi connectivity index (χ1n) is 9.38. The first-order valence-corrected chi connectivity index (χ1v) is 9.91. The van der Waals surface area contributed by atoms with Crippen molar-refractivity contribution < 1.29 is 14.3 Å². The van der Waals surface area contributed by atoms with Crippen LogP contribution >= 0.6 is 11.6 Å². The van der Waals surface area contributed by atoms with Crippen molar-refractivity contribution in [2.45, 2.75) is 57.8 Å². The second-order valence-electron chi connectivity index (χ2n) is 7.90. The van der Waals surface area contributed by atoms with E-state index in [9.17, 15) is 9.59 Å². The van der Waals surface area contributed by atoms with Gasteiger partial charge in [0.2, 0.25) is 5.91 Å². The van der Waals surface area contributed by atoms with Crippen molar-refractivity contribution in [3.05, 3.63) is 35.9 Å². The Morgan fingerprint density at radius 2 is 1.78 bits per heavy atom. The summed E-state index contributed by atoms with van der Waals surface area (Å²) >= 11 is 5.67. The molecule has 1 heterocycles. The molecule has 2 N–H and O–H groups in total. The molecule has 1 aliphatic rings. The van der Waals surface area contributed by atoms with Gasteiger partial charge in [0.25, 0.3) is 0 Å². The average Bonchev–Trinajstić information content (AvgIpc) is 2.92. The number of alkyl carbamates (subject to hydrolysis) is 1. The van der Waals surface area contributed by atoms with E-state index in [2.05, 4.69) is 27.7 Å². The summed E-state index contributed by atoms with van der Waals surface area (Å²) < 4.78 is 5.37. The predicted molar refractivity (Wildman–Crippen MR) is 107 cm³/mol. The Labute approximate surface area is 166 Å². The molecule has 0 unspecified atom stereocenters. The molecule has 1 aromatic carbocycles. The molecule has 2 rings (SSSR count). The van der Waals surface area contributed by atoms with E-state index >= 15 is 0 Å². The van der Waals surface area contributed by atoms with Crippen LogP contribution in [0.3, 0.4) is 0 Å². The highest BCUT2D eigenvalue weighted by Crippen LogP contribution is 2.16. The lowest BCUT2D eigenvalue weighted by atomic mass is 10.1. The third-order valence-corrected chi connectivity index (χ3v) is 4.50.